The van der Waals surface area contributed by atoms with Crippen LogP contribution >= 0.6 is 11.6 Å². The fraction of sp³-hybridized carbons (Fsp3) is 0.364. The fourth-order valence-electron chi connectivity index (χ4n) is 0.764. The topological polar surface area (TPSA) is 68.8 Å². The zero-order chi connectivity index (χ0) is 11.0. The van der Waals surface area contributed by atoms with E-state index in [2.05, 4.69) is 0 Å². The molecule has 1 aromatic carbocycles. The predicted octanol–water partition coefficient (Wildman–Crippen LogP) is 2.63. The van der Waals surface area contributed by atoms with Crippen molar-refractivity contribution in [2.24, 2.45) is 5.92 Å². The molecule has 0 aliphatic rings. The Morgan fingerprint density at radius 3 is 1.93 bits per heavy atom. The van der Waals surface area contributed by atoms with Crippen LogP contribution in [0.2, 0.25) is 5.02 Å². The molecule has 0 heterocycles. The minimum absolute atomic E-state index is 0. The zero-order valence-corrected chi connectivity index (χ0v) is 9.66. The van der Waals surface area contributed by atoms with Gasteiger partial charge in [0.05, 0.1) is 0 Å². The fourth-order valence-corrected chi connectivity index (χ4v) is 0.909. The highest BCUT2D eigenvalue weighted by molar-refractivity contribution is 6.30. The molecule has 4 heteroatoms. The van der Waals surface area contributed by atoms with Crippen molar-refractivity contribution in [1.82, 2.24) is 0 Å². The molecule has 1 rings (SSSR count). The second-order valence-electron chi connectivity index (χ2n) is 3.29. The van der Waals surface area contributed by atoms with Crippen molar-refractivity contribution >= 4 is 17.6 Å². The molecule has 86 valence electrons. The highest BCUT2D eigenvalue weighted by Gasteiger charge is 1.98. The molecule has 0 radical (unpaired) electrons. The third-order valence-corrected chi connectivity index (χ3v) is 1.57. The minimum Gasteiger partial charge on any atom is -0.481 e. The van der Waals surface area contributed by atoms with E-state index < -0.39 is 5.97 Å². The number of benzene rings is 1. The second kappa shape index (κ2) is 9.49. The molecule has 0 aromatic heterocycles. The summed E-state index contributed by atoms with van der Waals surface area (Å²) in [4.78, 5) is 9.81. The van der Waals surface area contributed by atoms with Gasteiger partial charge in [0.25, 0.3) is 0 Å². The van der Waals surface area contributed by atoms with Crippen molar-refractivity contribution in [2.45, 2.75) is 20.3 Å². The quantitative estimate of drug-likeness (QED) is 0.852. The van der Waals surface area contributed by atoms with Crippen LogP contribution in [0.3, 0.4) is 0 Å². The molecular formula is C11H17ClO3. The molecule has 3 nitrogen and oxygen atoms in total. The zero-order valence-electron chi connectivity index (χ0n) is 8.90. The maximum absolute atomic E-state index is 9.81. The van der Waals surface area contributed by atoms with Gasteiger partial charge in [-0.3, -0.25) is 4.79 Å². The lowest BCUT2D eigenvalue weighted by atomic mass is 10.1. The Kier molecular flexibility index (Phi) is 10.4. The van der Waals surface area contributed by atoms with E-state index in [0.29, 0.717) is 0 Å². The van der Waals surface area contributed by atoms with E-state index in [-0.39, 0.29) is 17.8 Å². The molecule has 15 heavy (non-hydrogen) atoms. The third-order valence-electron chi connectivity index (χ3n) is 1.32. The van der Waals surface area contributed by atoms with E-state index in [9.17, 15) is 4.79 Å². The number of rotatable bonds is 2. The molecule has 0 atom stereocenters. The Hall–Kier alpha value is -1.06. The van der Waals surface area contributed by atoms with Gasteiger partial charge in [-0.15, -0.1) is 0 Å². The smallest absolute Gasteiger partial charge is 0.303 e. The van der Waals surface area contributed by atoms with Crippen LogP contribution in [0, 0.1) is 5.92 Å². The first kappa shape index (κ1) is 16.4. The number of carbonyl (C=O) groups is 1. The number of halogens is 1. The minimum atomic E-state index is -0.713. The molecule has 0 amide bonds. The van der Waals surface area contributed by atoms with Crippen LogP contribution in [-0.4, -0.2) is 16.6 Å². The Balaban J connectivity index is 0. The van der Waals surface area contributed by atoms with Crippen molar-refractivity contribution in [1.29, 1.82) is 0 Å². The Morgan fingerprint density at radius 1 is 1.33 bits per heavy atom. The van der Waals surface area contributed by atoms with Gasteiger partial charge in [-0.25, -0.2) is 0 Å². The van der Waals surface area contributed by atoms with Crippen molar-refractivity contribution in [3.8, 4) is 0 Å². The highest BCUT2D eigenvalue weighted by atomic mass is 35.5. The van der Waals surface area contributed by atoms with Gasteiger partial charge in [0.1, 0.15) is 0 Å². The number of carboxylic acids is 1. The van der Waals surface area contributed by atoms with Crippen molar-refractivity contribution in [3.05, 3.63) is 35.4 Å². The molecule has 0 aliphatic carbocycles. The van der Waals surface area contributed by atoms with Gasteiger partial charge in [-0.05, 0) is 18.1 Å². The van der Waals surface area contributed by atoms with Gasteiger partial charge in [0.15, 0.2) is 0 Å². The van der Waals surface area contributed by atoms with Gasteiger partial charge in [0.2, 0.25) is 0 Å². The molecule has 0 fully saturated rings. The molecular weight excluding hydrogens is 216 g/mol. The summed E-state index contributed by atoms with van der Waals surface area (Å²) in [5.74, 6) is -0.438. The summed E-state index contributed by atoms with van der Waals surface area (Å²) in [7, 11) is 0. The van der Waals surface area contributed by atoms with Crippen LogP contribution in [-0.2, 0) is 4.79 Å². The number of hydrogen-bond acceptors (Lipinski definition) is 1. The van der Waals surface area contributed by atoms with Crippen molar-refractivity contribution < 1.29 is 15.4 Å². The lowest BCUT2D eigenvalue weighted by molar-refractivity contribution is -0.137. The average molecular weight is 233 g/mol. The van der Waals surface area contributed by atoms with E-state index in [1.165, 1.54) is 0 Å². The summed E-state index contributed by atoms with van der Waals surface area (Å²) in [6.07, 6.45) is 0.278. The Labute approximate surface area is 95.0 Å². The molecule has 0 saturated carbocycles. The van der Waals surface area contributed by atoms with Crippen molar-refractivity contribution in [2.75, 3.05) is 0 Å². The average Bonchev–Trinajstić information content (AvgIpc) is 2.03. The maximum atomic E-state index is 9.81. The normalized spacial score (nSPS) is 8.53. The standard InChI is InChI=1S/C6H5Cl.C5H10O2.H2O/c7-6-4-2-1-3-5-6;1-4(2)3-5(6)7;/h1-5H;4H,3H2,1-2H3,(H,6,7);1H2. The molecule has 0 aliphatic heterocycles. The van der Waals surface area contributed by atoms with Gasteiger partial charge in [0, 0.05) is 11.4 Å². The molecule has 0 saturated heterocycles. The van der Waals surface area contributed by atoms with Crippen LogP contribution < -0.4 is 0 Å². The van der Waals surface area contributed by atoms with E-state index >= 15 is 0 Å². The molecule has 1 aromatic rings. The summed E-state index contributed by atoms with van der Waals surface area (Å²) >= 11 is 5.54. The lowest BCUT2D eigenvalue weighted by Crippen LogP contribution is -1.99. The van der Waals surface area contributed by atoms with Gasteiger partial charge in [-0.2, -0.15) is 0 Å². The van der Waals surface area contributed by atoms with Crippen LogP contribution in [0.25, 0.3) is 0 Å². The van der Waals surface area contributed by atoms with Crippen LogP contribution in [0.15, 0.2) is 30.3 Å². The Morgan fingerprint density at radius 2 is 1.80 bits per heavy atom. The highest BCUT2D eigenvalue weighted by Crippen LogP contribution is 2.03. The summed E-state index contributed by atoms with van der Waals surface area (Å²) in [5.41, 5.74) is 0. The largest absolute Gasteiger partial charge is 0.481 e. The SMILES string of the molecule is CC(C)CC(=O)O.Clc1ccccc1.O. The number of aliphatic carboxylic acids is 1. The third kappa shape index (κ3) is 12.9. The van der Waals surface area contributed by atoms with Gasteiger partial charge in [-0.1, -0.05) is 43.6 Å². The second-order valence-corrected chi connectivity index (χ2v) is 3.72. The van der Waals surface area contributed by atoms with E-state index in [1.54, 1.807) is 0 Å². The van der Waals surface area contributed by atoms with Crippen LogP contribution in [0.4, 0.5) is 0 Å². The summed E-state index contributed by atoms with van der Waals surface area (Å²) in [6, 6.07) is 9.44. The number of carboxylic acid groups (broad SMARTS) is 1. The van der Waals surface area contributed by atoms with Gasteiger partial charge < -0.3 is 10.6 Å². The summed E-state index contributed by atoms with van der Waals surface area (Å²) in [6.45, 7) is 3.77. The molecule has 3 N–H and O–H groups in total. The van der Waals surface area contributed by atoms with Gasteiger partial charge >= 0.3 is 5.97 Å². The Bertz CT molecular complexity index is 260. The van der Waals surface area contributed by atoms with Crippen LogP contribution in [0.5, 0.6) is 0 Å². The molecule has 0 spiro atoms. The first-order valence-corrected chi connectivity index (χ1v) is 4.82. The molecule has 0 unspecified atom stereocenters. The summed E-state index contributed by atoms with van der Waals surface area (Å²) < 4.78 is 0. The van der Waals surface area contributed by atoms with E-state index in [4.69, 9.17) is 16.7 Å². The predicted molar refractivity (Wildman–Crippen MR) is 62.2 cm³/mol. The first-order chi connectivity index (χ1) is 6.52. The lowest BCUT2D eigenvalue weighted by Gasteiger charge is -1.94. The summed E-state index contributed by atoms with van der Waals surface area (Å²) in [5, 5.41) is 8.88. The van der Waals surface area contributed by atoms with Crippen molar-refractivity contribution in [3.63, 3.8) is 0 Å². The van der Waals surface area contributed by atoms with Crippen LogP contribution in [0.1, 0.15) is 20.3 Å². The van der Waals surface area contributed by atoms with E-state index in [1.807, 2.05) is 44.2 Å². The van der Waals surface area contributed by atoms with E-state index in [0.717, 1.165) is 5.02 Å². The first-order valence-electron chi connectivity index (χ1n) is 4.44. The monoisotopic (exact) mass is 232 g/mol. The molecule has 0 bridgehead atoms. The maximum Gasteiger partial charge on any atom is 0.303 e. The number of hydrogen-bond donors (Lipinski definition) is 1.